The Hall–Kier alpha value is -1.91. The minimum Gasteiger partial charge on any atom is -0.383 e. The Labute approximate surface area is 109 Å². The number of hydrogen-bond donors (Lipinski definition) is 1. The Bertz CT molecular complexity index is 654. The van der Waals surface area contributed by atoms with Crippen LogP contribution in [0.15, 0.2) is 23.6 Å². The van der Waals surface area contributed by atoms with Gasteiger partial charge in [-0.15, -0.1) is 10.2 Å². The standard InChI is InChI=1S/C9H12N6O3S/c1-18-5-4-15-8(7-2-3-11-12-6-7)13-14-9(15)19(10,16)17/h2-3,6H,4-5H2,1H3,(H2,10,16,17). The highest BCUT2D eigenvalue weighted by Crippen LogP contribution is 2.18. The van der Waals surface area contributed by atoms with E-state index in [2.05, 4.69) is 20.4 Å². The largest absolute Gasteiger partial charge is 0.383 e. The number of rotatable bonds is 5. The quantitative estimate of drug-likeness (QED) is 0.748. The third-order valence-electron chi connectivity index (χ3n) is 2.33. The van der Waals surface area contributed by atoms with Crippen molar-refractivity contribution in [3.8, 4) is 11.4 Å². The second-order valence-electron chi connectivity index (χ2n) is 3.63. The van der Waals surface area contributed by atoms with Gasteiger partial charge in [-0.05, 0) is 6.07 Å². The molecule has 0 aliphatic heterocycles. The van der Waals surface area contributed by atoms with Gasteiger partial charge in [0.05, 0.1) is 25.5 Å². The van der Waals surface area contributed by atoms with Gasteiger partial charge in [0, 0.05) is 12.7 Å². The van der Waals surface area contributed by atoms with Crippen molar-refractivity contribution in [1.82, 2.24) is 25.0 Å². The number of primary sulfonamides is 1. The van der Waals surface area contributed by atoms with Crippen LogP contribution in [0.5, 0.6) is 0 Å². The van der Waals surface area contributed by atoms with Crippen molar-refractivity contribution < 1.29 is 13.2 Å². The molecule has 2 N–H and O–H groups in total. The summed E-state index contributed by atoms with van der Waals surface area (Å²) in [7, 11) is -2.44. The highest BCUT2D eigenvalue weighted by molar-refractivity contribution is 7.89. The molecular formula is C9H12N6O3S. The first-order chi connectivity index (χ1) is 9.04. The average Bonchev–Trinajstić information content (AvgIpc) is 2.81. The molecule has 0 aromatic carbocycles. The second kappa shape index (κ2) is 5.38. The molecule has 2 rings (SSSR count). The zero-order valence-corrected chi connectivity index (χ0v) is 10.9. The topological polar surface area (TPSA) is 126 Å². The lowest BCUT2D eigenvalue weighted by atomic mass is 10.3. The van der Waals surface area contributed by atoms with Gasteiger partial charge in [-0.25, -0.2) is 13.6 Å². The molecule has 2 heterocycles. The van der Waals surface area contributed by atoms with Crippen molar-refractivity contribution in [3.05, 3.63) is 18.5 Å². The highest BCUT2D eigenvalue weighted by atomic mass is 32.2. The lowest BCUT2D eigenvalue weighted by Crippen LogP contribution is -2.20. The first-order valence-electron chi connectivity index (χ1n) is 5.26. The Balaban J connectivity index is 2.53. The van der Waals surface area contributed by atoms with Crippen LogP contribution >= 0.6 is 0 Å². The summed E-state index contributed by atoms with van der Waals surface area (Å²) in [5.74, 6) is 0.343. The molecule has 0 radical (unpaired) electrons. The van der Waals surface area contributed by atoms with Gasteiger partial charge in [-0.2, -0.15) is 10.2 Å². The van der Waals surface area contributed by atoms with Crippen molar-refractivity contribution in [2.45, 2.75) is 11.7 Å². The van der Waals surface area contributed by atoms with Crippen molar-refractivity contribution >= 4 is 10.0 Å². The number of aromatic nitrogens is 5. The Morgan fingerprint density at radius 2 is 2.16 bits per heavy atom. The van der Waals surface area contributed by atoms with Crippen LogP contribution in [0.4, 0.5) is 0 Å². The molecule has 0 bridgehead atoms. The summed E-state index contributed by atoms with van der Waals surface area (Å²) < 4.78 is 29.2. The van der Waals surface area contributed by atoms with Crippen molar-refractivity contribution in [3.63, 3.8) is 0 Å². The van der Waals surface area contributed by atoms with E-state index in [1.165, 1.54) is 24.1 Å². The van der Waals surface area contributed by atoms with Gasteiger partial charge in [0.2, 0.25) is 0 Å². The van der Waals surface area contributed by atoms with E-state index in [1.54, 1.807) is 6.07 Å². The van der Waals surface area contributed by atoms with E-state index in [1.807, 2.05) is 0 Å². The molecule has 2 aromatic heterocycles. The van der Waals surface area contributed by atoms with E-state index in [9.17, 15) is 8.42 Å². The van der Waals surface area contributed by atoms with Gasteiger partial charge < -0.3 is 4.74 Å². The van der Waals surface area contributed by atoms with Crippen LogP contribution < -0.4 is 5.14 Å². The summed E-state index contributed by atoms with van der Waals surface area (Å²) in [4.78, 5) is 0. The van der Waals surface area contributed by atoms with E-state index in [0.717, 1.165) is 0 Å². The van der Waals surface area contributed by atoms with Gasteiger partial charge >= 0.3 is 0 Å². The maximum atomic E-state index is 11.4. The van der Waals surface area contributed by atoms with E-state index in [0.29, 0.717) is 18.0 Å². The lowest BCUT2D eigenvalue weighted by Gasteiger charge is -2.08. The Morgan fingerprint density at radius 1 is 1.37 bits per heavy atom. The van der Waals surface area contributed by atoms with Gasteiger partial charge in [0.15, 0.2) is 5.82 Å². The molecular weight excluding hydrogens is 272 g/mol. The van der Waals surface area contributed by atoms with Crippen molar-refractivity contribution in [2.75, 3.05) is 13.7 Å². The minimum absolute atomic E-state index is 0.257. The lowest BCUT2D eigenvalue weighted by molar-refractivity contribution is 0.185. The normalized spacial score (nSPS) is 11.7. The molecule has 10 heteroatoms. The number of nitrogens with zero attached hydrogens (tertiary/aromatic N) is 5. The van der Waals surface area contributed by atoms with Crippen LogP contribution in [-0.2, 0) is 21.3 Å². The SMILES string of the molecule is COCCn1c(-c2ccnnc2)nnc1S(N)(=O)=O. The number of ether oxygens (including phenoxy) is 1. The van der Waals surface area contributed by atoms with Gasteiger partial charge in [0.25, 0.3) is 15.2 Å². The summed E-state index contributed by atoms with van der Waals surface area (Å²) in [6.45, 7) is 0.555. The molecule has 9 nitrogen and oxygen atoms in total. The third-order valence-corrected chi connectivity index (χ3v) is 3.14. The smallest absolute Gasteiger partial charge is 0.273 e. The molecule has 0 fully saturated rings. The molecule has 0 saturated heterocycles. The van der Waals surface area contributed by atoms with Crippen LogP contribution in [0.1, 0.15) is 0 Å². The fourth-order valence-corrected chi connectivity index (χ4v) is 2.16. The number of nitrogens with two attached hydrogens (primary N) is 1. The molecule has 0 amide bonds. The molecule has 0 spiro atoms. The number of methoxy groups -OCH3 is 1. The van der Waals surface area contributed by atoms with Gasteiger partial charge in [-0.1, -0.05) is 0 Å². The van der Waals surface area contributed by atoms with Crippen molar-refractivity contribution in [1.29, 1.82) is 0 Å². The van der Waals surface area contributed by atoms with E-state index >= 15 is 0 Å². The maximum Gasteiger partial charge on any atom is 0.273 e. The Kier molecular flexibility index (Phi) is 3.83. The average molecular weight is 284 g/mol. The van der Waals surface area contributed by atoms with Crippen molar-refractivity contribution in [2.24, 2.45) is 5.14 Å². The number of sulfonamides is 1. The molecule has 0 saturated carbocycles. The third kappa shape index (κ3) is 2.92. The fourth-order valence-electron chi connectivity index (χ4n) is 1.52. The van der Waals surface area contributed by atoms with E-state index in [-0.39, 0.29) is 11.7 Å². The fraction of sp³-hybridized carbons (Fsp3) is 0.333. The van der Waals surface area contributed by atoms with E-state index in [4.69, 9.17) is 9.88 Å². The minimum atomic E-state index is -3.95. The molecule has 0 aliphatic rings. The summed E-state index contributed by atoms with van der Waals surface area (Å²) in [6.07, 6.45) is 2.93. The predicted molar refractivity (Wildman–Crippen MR) is 64.3 cm³/mol. The molecule has 0 aliphatic carbocycles. The second-order valence-corrected chi connectivity index (χ2v) is 5.08. The zero-order valence-electron chi connectivity index (χ0n) is 10.1. The maximum absolute atomic E-state index is 11.4. The summed E-state index contributed by atoms with van der Waals surface area (Å²) in [5, 5.41) is 19.6. The zero-order chi connectivity index (χ0) is 13.9. The first-order valence-corrected chi connectivity index (χ1v) is 6.80. The predicted octanol–water partition coefficient (Wildman–Crippen LogP) is -0.971. The summed E-state index contributed by atoms with van der Waals surface area (Å²) in [6, 6.07) is 1.65. The molecule has 2 aromatic rings. The Morgan fingerprint density at radius 3 is 2.74 bits per heavy atom. The summed E-state index contributed by atoms with van der Waals surface area (Å²) >= 11 is 0. The van der Waals surface area contributed by atoms with Crippen LogP contribution in [0, 0.1) is 0 Å². The molecule has 19 heavy (non-hydrogen) atoms. The first kappa shape index (κ1) is 13.5. The van der Waals surface area contributed by atoms with E-state index < -0.39 is 10.0 Å². The number of hydrogen-bond acceptors (Lipinski definition) is 7. The van der Waals surface area contributed by atoms with Crippen LogP contribution in [0.3, 0.4) is 0 Å². The molecule has 102 valence electrons. The van der Waals surface area contributed by atoms with Crippen LogP contribution in [0.2, 0.25) is 0 Å². The monoisotopic (exact) mass is 284 g/mol. The molecule has 0 atom stereocenters. The van der Waals surface area contributed by atoms with Crippen LogP contribution in [-0.4, -0.2) is 47.1 Å². The molecule has 0 unspecified atom stereocenters. The summed E-state index contributed by atoms with van der Waals surface area (Å²) in [5.41, 5.74) is 0.591. The van der Waals surface area contributed by atoms with Gasteiger partial charge in [-0.3, -0.25) is 4.57 Å². The van der Waals surface area contributed by atoms with Crippen LogP contribution in [0.25, 0.3) is 11.4 Å². The highest BCUT2D eigenvalue weighted by Gasteiger charge is 2.21. The van der Waals surface area contributed by atoms with Gasteiger partial charge in [0.1, 0.15) is 0 Å².